The number of likely N-dealkylation sites (N-methyl/N-ethyl adjacent to an activating group) is 1. The lowest BCUT2D eigenvalue weighted by molar-refractivity contribution is 0.0914. The van der Waals surface area contributed by atoms with Crippen molar-refractivity contribution in [1.29, 1.82) is 0 Å². The normalized spacial score (nSPS) is 19.7. The lowest BCUT2D eigenvalue weighted by Crippen LogP contribution is -2.46. The zero-order chi connectivity index (χ0) is 13.7. The number of rotatable bonds is 6. The molecule has 1 saturated heterocycles. The van der Waals surface area contributed by atoms with Crippen LogP contribution in [0.1, 0.15) is 51.4 Å². The van der Waals surface area contributed by atoms with Crippen LogP contribution < -0.4 is 0 Å². The van der Waals surface area contributed by atoms with Crippen molar-refractivity contribution in [2.45, 2.75) is 46.1 Å². The Bertz CT molecular complexity index is 371. The van der Waals surface area contributed by atoms with E-state index < -0.39 is 0 Å². The van der Waals surface area contributed by atoms with E-state index in [4.69, 9.17) is 4.52 Å². The van der Waals surface area contributed by atoms with Gasteiger partial charge in [-0.3, -0.25) is 4.90 Å². The molecule has 0 bridgehead atoms. The van der Waals surface area contributed by atoms with Gasteiger partial charge in [-0.25, -0.2) is 0 Å². The summed E-state index contributed by atoms with van der Waals surface area (Å²) in [6.45, 7) is 12.1. The summed E-state index contributed by atoms with van der Waals surface area (Å²) in [5.74, 6) is 1.63. The van der Waals surface area contributed by atoms with Gasteiger partial charge in [0.1, 0.15) is 0 Å². The van der Waals surface area contributed by atoms with Crippen LogP contribution in [0, 0.1) is 0 Å². The standard InChI is InChI=1S/C14H26N4O/c1-4-6-7-13-15-14(19-16-13)12(3)18-10-8-17(5-2)9-11-18/h12H,4-11H2,1-3H3/t12-/m0/s1. The lowest BCUT2D eigenvalue weighted by Gasteiger charge is -2.36. The van der Waals surface area contributed by atoms with Crippen molar-refractivity contribution in [2.75, 3.05) is 32.7 Å². The first-order valence-electron chi connectivity index (χ1n) is 7.53. The summed E-state index contributed by atoms with van der Waals surface area (Å²) in [6.07, 6.45) is 3.22. The van der Waals surface area contributed by atoms with Crippen molar-refractivity contribution in [3.05, 3.63) is 11.7 Å². The second-order valence-corrected chi connectivity index (χ2v) is 5.30. The smallest absolute Gasteiger partial charge is 0.243 e. The minimum atomic E-state index is 0.238. The van der Waals surface area contributed by atoms with Crippen molar-refractivity contribution < 1.29 is 4.52 Å². The van der Waals surface area contributed by atoms with Crippen LogP contribution in [0.4, 0.5) is 0 Å². The number of hydrogen-bond donors (Lipinski definition) is 0. The Morgan fingerprint density at radius 1 is 1.21 bits per heavy atom. The Morgan fingerprint density at radius 3 is 2.58 bits per heavy atom. The molecule has 5 nitrogen and oxygen atoms in total. The molecule has 0 radical (unpaired) electrons. The third kappa shape index (κ3) is 3.76. The molecular formula is C14H26N4O. The molecule has 108 valence electrons. The van der Waals surface area contributed by atoms with E-state index in [0.717, 1.165) is 57.3 Å². The van der Waals surface area contributed by atoms with Crippen molar-refractivity contribution in [1.82, 2.24) is 19.9 Å². The van der Waals surface area contributed by atoms with E-state index in [1.54, 1.807) is 0 Å². The molecule has 5 heteroatoms. The second kappa shape index (κ2) is 7.01. The first kappa shape index (κ1) is 14.5. The first-order valence-corrected chi connectivity index (χ1v) is 7.53. The van der Waals surface area contributed by atoms with Crippen molar-refractivity contribution in [3.8, 4) is 0 Å². The van der Waals surface area contributed by atoms with E-state index in [0.29, 0.717) is 0 Å². The summed E-state index contributed by atoms with van der Waals surface area (Å²) in [7, 11) is 0. The zero-order valence-electron chi connectivity index (χ0n) is 12.4. The predicted octanol–water partition coefficient (Wildman–Crippen LogP) is 2.11. The van der Waals surface area contributed by atoms with Gasteiger partial charge in [0, 0.05) is 32.6 Å². The van der Waals surface area contributed by atoms with Crippen molar-refractivity contribution in [2.24, 2.45) is 0 Å². The Morgan fingerprint density at radius 2 is 1.95 bits per heavy atom. The maximum absolute atomic E-state index is 5.41. The van der Waals surface area contributed by atoms with Gasteiger partial charge < -0.3 is 9.42 Å². The molecule has 0 spiro atoms. The number of aryl methyl sites for hydroxylation is 1. The maximum atomic E-state index is 5.41. The number of nitrogens with zero attached hydrogens (tertiary/aromatic N) is 4. The lowest BCUT2D eigenvalue weighted by atomic mass is 10.2. The van der Waals surface area contributed by atoms with Crippen molar-refractivity contribution >= 4 is 0 Å². The van der Waals surface area contributed by atoms with Gasteiger partial charge in [0.2, 0.25) is 5.89 Å². The molecule has 2 heterocycles. The van der Waals surface area contributed by atoms with Crippen LogP contribution in [0.5, 0.6) is 0 Å². The molecule has 1 aliphatic rings. The molecule has 1 aliphatic heterocycles. The van der Waals surface area contributed by atoms with Crippen LogP contribution in [0.15, 0.2) is 4.52 Å². The molecule has 0 N–H and O–H groups in total. The Balaban J connectivity index is 1.88. The third-order valence-electron chi connectivity index (χ3n) is 4.00. The van der Waals surface area contributed by atoms with Gasteiger partial charge >= 0.3 is 0 Å². The number of piperazine rings is 1. The van der Waals surface area contributed by atoms with E-state index in [9.17, 15) is 0 Å². The van der Waals surface area contributed by atoms with Gasteiger partial charge in [0.25, 0.3) is 0 Å². The highest BCUT2D eigenvalue weighted by Gasteiger charge is 2.25. The second-order valence-electron chi connectivity index (χ2n) is 5.30. The van der Waals surface area contributed by atoms with Crippen LogP contribution in [-0.4, -0.2) is 52.7 Å². The van der Waals surface area contributed by atoms with Gasteiger partial charge in [0.15, 0.2) is 5.82 Å². The van der Waals surface area contributed by atoms with Crippen LogP contribution in [0.3, 0.4) is 0 Å². The molecule has 1 atom stereocenters. The average Bonchev–Trinajstić information content (AvgIpc) is 2.93. The topological polar surface area (TPSA) is 45.4 Å². The highest BCUT2D eigenvalue weighted by molar-refractivity contribution is 4.93. The van der Waals surface area contributed by atoms with Gasteiger partial charge in [-0.2, -0.15) is 4.98 Å². The van der Waals surface area contributed by atoms with Crippen molar-refractivity contribution in [3.63, 3.8) is 0 Å². The Kier molecular flexibility index (Phi) is 5.34. The summed E-state index contributed by atoms with van der Waals surface area (Å²) >= 11 is 0. The SMILES string of the molecule is CCCCc1noc([C@H](C)N2CCN(CC)CC2)n1. The summed E-state index contributed by atoms with van der Waals surface area (Å²) in [4.78, 5) is 9.44. The van der Waals surface area contributed by atoms with Crippen LogP contribution in [0.25, 0.3) is 0 Å². The Labute approximate surface area is 116 Å². The van der Waals surface area contributed by atoms with Crippen LogP contribution in [-0.2, 0) is 6.42 Å². The molecule has 1 aromatic heterocycles. The van der Waals surface area contributed by atoms with Gasteiger partial charge in [-0.1, -0.05) is 25.4 Å². The fourth-order valence-electron chi connectivity index (χ4n) is 2.50. The van der Waals surface area contributed by atoms with Crippen LogP contribution >= 0.6 is 0 Å². The highest BCUT2D eigenvalue weighted by atomic mass is 16.5. The minimum Gasteiger partial charge on any atom is -0.338 e. The van der Waals surface area contributed by atoms with E-state index in [1.165, 1.54) is 6.42 Å². The monoisotopic (exact) mass is 266 g/mol. The molecule has 0 saturated carbocycles. The number of unbranched alkanes of at least 4 members (excludes halogenated alkanes) is 1. The van der Waals surface area contributed by atoms with E-state index in [2.05, 4.69) is 40.7 Å². The van der Waals surface area contributed by atoms with E-state index >= 15 is 0 Å². The molecule has 2 rings (SSSR count). The molecular weight excluding hydrogens is 240 g/mol. The van der Waals surface area contributed by atoms with Gasteiger partial charge in [-0.05, 0) is 19.9 Å². The van der Waals surface area contributed by atoms with E-state index in [-0.39, 0.29) is 6.04 Å². The van der Waals surface area contributed by atoms with Crippen LogP contribution in [0.2, 0.25) is 0 Å². The predicted molar refractivity (Wildman–Crippen MR) is 75.0 cm³/mol. The fourth-order valence-corrected chi connectivity index (χ4v) is 2.50. The Hall–Kier alpha value is -0.940. The molecule has 0 unspecified atom stereocenters. The maximum Gasteiger partial charge on any atom is 0.243 e. The molecule has 0 aromatic carbocycles. The number of hydrogen-bond acceptors (Lipinski definition) is 5. The minimum absolute atomic E-state index is 0.238. The quantitative estimate of drug-likeness (QED) is 0.789. The molecule has 1 aromatic rings. The van der Waals surface area contributed by atoms with E-state index in [1.807, 2.05) is 0 Å². The molecule has 0 aliphatic carbocycles. The average molecular weight is 266 g/mol. The number of aromatic nitrogens is 2. The molecule has 1 fully saturated rings. The highest BCUT2D eigenvalue weighted by Crippen LogP contribution is 2.20. The molecule has 19 heavy (non-hydrogen) atoms. The summed E-state index contributed by atoms with van der Waals surface area (Å²) in [6, 6.07) is 0.238. The summed E-state index contributed by atoms with van der Waals surface area (Å²) in [5, 5.41) is 4.08. The zero-order valence-corrected chi connectivity index (χ0v) is 12.4. The third-order valence-corrected chi connectivity index (χ3v) is 4.00. The van der Waals surface area contributed by atoms with Gasteiger partial charge in [0.05, 0.1) is 6.04 Å². The van der Waals surface area contributed by atoms with Gasteiger partial charge in [-0.15, -0.1) is 0 Å². The summed E-state index contributed by atoms with van der Waals surface area (Å²) < 4.78 is 5.41. The largest absolute Gasteiger partial charge is 0.338 e. The summed E-state index contributed by atoms with van der Waals surface area (Å²) in [5.41, 5.74) is 0. The molecule has 0 amide bonds. The first-order chi connectivity index (χ1) is 9.24. The fraction of sp³-hybridized carbons (Fsp3) is 0.857.